The van der Waals surface area contributed by atoms with Crippen LogP contribution in [0.1, 0.15) is 17.2 Å². The largest absolute Gasteiger partial charge is 0.398 e. The average molecular weight is 163 g/mol. The van der Waals surface area contributed by atoms with E-state index in [0.29, 0.717) is 5.69 Å². The molecule has 1 unspecified atom stereocenters. The Morgan fingerprint density at radius 2 is 2.25 bits per heavy atom. The van der Waals surface area contributed by atoms with Gasteiger partial charge in [0.05, 0.1) is 6.10 Å². The summed E-state index contributed by atoms with van der Waals surface area (Å²) in [4.78, 5) is 0. The van der Waals surface area contributed by atoms with E-state index in [9.17, 15) is 5.11 Å². The highest BCUT2D eigenvalue weighted by molar-refractivity contribution is 5.50. The zero-order valence-corrected chi connectivity index (χ0v) is 7.12. The number of hydrogen-bond donors (Lipinski definition) is 2. The summed E-state index contributed by atoms with van der Waals surface area (Å²) in [6.07, 6.45) is 0.801. The number of aliphatic hydroxyl groups is 1. The lowest BCUT2D eigenvalue weighted by Gasteiger charge is -2.09. The minimum atomic E-state index is -0.662. The molecule has 0 aromatic heterocycles. The van der Waals surface area contributed by atoms with Gasteiger partial charge in [-0.25, -0.2) is 0 Å². The van der Waals surface area contributed by atoms with Crippen molar-refractivity contribution in [3.8, 4) is 0 Å². The molecule has 1 aromatic carbocycles. The second-order valence-electron chi connectivity index (χ2n) is 2.81. The van der Waals surface area contributed by atoms with Crippen molar-refractivity contribution in [3.63, 3.8) is 0 Å². The third-order valence-corrected chi connectivity index (χ3v) is 1.78. The van der Waals surface area contributed by atoms with Crippen LogP contribution in [0, 0.1) is 6.92 Å². The summed E-state index contributed by atoms with van der Waals surface area (Å²) < 4.78 is 0. The molecule has 0 fully saturated rings. The second kappa shape index (κ2) is 3.41. The lowest BCUT2D eigenvalue weighted by atomic mass is 10.0. The van der Waals surface area contributed by atoms with E-state index in [1.807, 2.05) is 19.1 Å². The monoisotopic (exact) mass is 163 g/mol. The number of hydrogen-bond acceptors (Lipinski definition) is 2. The molecule has 0 aliphatic heterocycles. The lowest BCUT2D eigenvalue weighted by molar-refractivity contribution is 0.230. The number of anilines is 1. The van der Waals surface area contributed by atoms with E-state index in [0.717, 1.165) is 11.1 Å². The smallest absolute Gasteiger partial charge is 0.0989 e. The number of rotatable bonds is 2. The molecule has 0 heterocycles. The van der Waals surface area contributed by atoms with Crippen molar-refractivity contribution in [1.29, 1.82) is 0 Å². The highest BCUT2D eigenvalue weighted by Gasteiger charge is 2.06. The molecule has 64 valence electrons. The molecular weight excluding hydrogens is 150 g/mol. The molecule has 0 radical (unpaired) electrons. The molecule has 0 saturated heterocycles. The normalized spacial score (nSPS) is 12.5. The van der Waals surface area contributed by atoms with Crippen LogP contribution in [-0.2, 0) is 0 Å². The van der Waals surface area contributed by atoms with Crippen LogP contribution in [0.5, 0.6) is 0 Å². The zero-order chi connectivity index (χ0) is 9.14. The van der Waals surface area contributed by atoms with Gasteiger partial charge < -0.3 is 10.8 Å². The Kier molecular flexibility index (Phi) is 2.51. The maximum absolute atomic E-state index is 9.44. The van der Waals surface area contributed by atoms with E-state index in [1.54, 1.807) is 6.07 Å². The quantitative estimate of drug-likeness (QED) is 0.516. The van der Waals surface area contributed by atoms with Gasteiger partial charge in [0.15, 0.2) is 0 Å². The van der Waals surface area contributed by atoms with E-state index in [1.165, 1.54) is 6.08 Å². The molecule has 2 nitrogen and oxygen atoms in total. The van der Waals surface area contributed by atoms with Crippen LogP contribution in [0.4, 0.5) is 5.69 Å². The van der Waals surface area contributed by atoms with Gasteiger partial charge in [-0.1, -0.05) is 23.8 Å². The Labute approximate surface area is 72.3 Å². The van der Waals surface area contributed by atoms with Crippen LogP contribution in [0.25, 0.3) is 0 Å². The third kappa shape index (κ3) is 1.66. The summed E-state index contributed by atoms with van der Waals surface area (Å²) in [5.74, 6) is 0. The SMILES string of the molecule is C=CC(O)c1cc(C)ccc1N. The van der Waals surface area contributed by atoms with Crippen molar-refractivity contribution in [2.24, 2.45) is 0 Å². The van der Waals surface area contributed by atoms with Crippen LogP contribution >= 0.6 is 0 Å². The molecule has 1 atom stereocenters. The Morgan fingerprint density at radius 1 is 1.58 bits per heavy atom. The van der Waals surface area contributed by atoms with Crippen molar-refractivity contribution < 1.29 is 5.11 Å². The summed E-state index contributed by atoms with van der Waals surface area (Å²) in [7, 11) is 0. The van der Waals surface area contributed by atoms with Gasteiger partial charge in [-0.2, -0.15) is 0 Å². The number of nitrogen functional groups attached to an aromatic ring is 1. The highest BCUT2D eigenvalue weighted by atomic mass is 16.3. The van der Waals surface area contributed by atoms with Gasteiger partial charge >= 0.3 is 0 Å². The summed E-state index contributed by atoms with van der Waals surface area (Å²) in [5.41, 5.74) is 8.07. The number of aryl methyl sites for hydroxylation is 1. The molecule has 0 aliphatic rings. The second-order valence-corrected chi connectivity index (χ2v) is 2.81. The predicted molar refractivity (Wildman–Crippen MR) is 50.7 cm³/mol. The van der Waals surface area contributed by atoms with Gasteiger partial charge in [-0.05, 0) is 13.0 Å². The fourth-order valence-corrected chi connectivity index (χ4v) is 1.08. The Morgan fingerprint density at radius 3 is 2.83 bits per heavy atom. The lowest BCUT2D eigenvalue weighted by Crippen LogP contribution is -1.99. The summed E-state index contributed by atoms with van der Waals surface area (Å²) in [5, 5.41) is 9.44. The first kappa shape index (κ1) is 8.81. The third-order valence-electron chi connectivity index (χ3n) is 1.78. The van der Waals surface area contributed by atoms with E-state index in [4.69, 9.17) is 5.73 Å². The number of benzene rings is 1. The van der Waals surface area contributed by atoms with Crippen LogP contribution in [-0.4, -0.2) is 5.11 Å². The first-order valence-electron chi connectivity index (χ1n) is 3.82. The molecule has 0 aliphatic carbocycles. The first-order chi connectivity index (χ1) is 5.65. The molecule has 1 aromatic rings. The standard InChI is InChI=1S/C10H13NO/c1-3-10(12)8-6-7(2)4-5-9(8)11/h3-6,10,12H,1,11H2,2H3. The van der Waals surface area contributed by atoms with E-state index >= 15 is 0 Å². The van der Waals surface area contributed by atoms with Crippen molar-refractivity contribution in [3.05, 3.63) is 42.0 Å². The molecule has 1 rings (SSSR count). The maximum Gasteiger partial charge on any atom is 0.0989 e. The van der Waals surface area contributed by atoms with Crippen LogP contribution in [0.15, 0.2) is 30.9 Å². The van der Waals surface area contributed by atoms with E-state index in [-0.39, 0.29) is 0 Å². The van der Waals surface area contributed by atoms with Gasteiger partial charge in [0.2, 0.25) is 0 Å². The summed E-state index contributed by atoms with van der Waals surface area (Å²) >= 11 is 0. The molecule has 0 spiro atoms. The van der Waals surface area contributed by atoms with Crippen LogP contribution in [0.3, 0.4) is 0 Å². The molecule has 0 saturated carbocycles. The zero-order valence-electron chi connectivity index (χ0n) is 7.12. The van der Waals surface area contributed by atoms with Crippen molar-refractivity contribution in [2.45, 2.75) is 13.0 Å². The van der Waals surface area contributed by atoms with Crippen LogP contribution in [0.2, 0.25) is 0 Å². The minimum Gasteiger partial charge on any atom is -0.398 e. The maximum atomic E-state index is 9.44. The van der Waals surface area contributed by atoms with Crippen molar-refractivity contribution >= 4 is 5.69 Å². The van der Waals surface area contributed by atoms with Gasteiger partial charge in [0.1, 0.15) is 0 Å². The Bertz CT molecular complexity index is 294. The predicted octanol–water partition coefficient (Wildman–Crippen LogP) is 1.80. The molecule has 0 amide bonds. The van der Waals surface area contributed by atoms with Crippen LogP contribution < -0.4 is 5.73 Å². The first-order valence-corrected chi connectivity index (χ1v) is 3.82. The molecule has 0 bridgehead atoms. The molecule has 2 heteroatoms. The van der Waals surface area contributed by atoms with E-state index in [2.05, 4.69) is 6.58 Å². The van der Waals surface area contributed by atoms with Gasteiger partial charge in [0.25, 0.3) is 0 Å². The highest BCUT2D eigenvalue weighted by Crippen LogP contribution is 2.21. The van der Waals surface area contributed by atoms with Gasteiger partial charge in [-0.3, -0.25) is 0 Å². The number of aliphatic hydroxyl groups excluding tert-OH is 1. The molecule has 12 heavy (non-hydrogen) atoms. The van der Waals surface area contributed by atoms with E-state index < -0.39 is 6.10 Å². The topological polar surface area (TPSA) is 46.2 Å². The van der Waals surface area contributed by atoms with Gasteiger partial charge in [-0.15, -0.1) is 6.58 Å². The van der Waals surface area contributed by atoms with Crippen molar-refractivity contribution in [2.75, 3.05) is 5.73 Å². The van der Waals surface area contributed by atoms with Gasteiger partial charge in [0, 0.05) is 11.3 Å². The summed E-state index contributed by atoms with van der Waals surface area (Å²) in [6.45, 7) is 5.46. The summed E-state index contributed by atoms with van der Waals surface area (Å²) in [6, 6.07) is 5.56. The molecule has 3 N–H and O–H groups in total. The Balaban J connectivity index is 3.12. The average Bonchev–Trinajstić information content (AvgIpc) is 2.08. The fraction of sp³-hybridized carbons (Fsp3) is 0.200. The Hall–Kier alpha value is -1.28. The minimum absolute atomic E-state index is 0.605. The molecular formula is C10H13NO. The van der Waals surface area contributed by atoms with Crippen molar-refractivity contribution in [1.82, 2.24) is 0 Å². The fourth-order valence-electron chi connectivity index (χ4n) is 1.08. The number of nitrogens with two attached hydrogens (primary N) is 1.